The second-order valence-electron chi connectivity index (χ2n) is 9.45. The minimum absolute atomic E-state index is 0.221. The lowest BCUT2D eigenvalue weighted by Crippen LogP contribution is -2.36. The highest BCUT2D eigenvalue weighted by Gasteiger charge is 2.29. The van der Waals surface area contributed by atoms with E-state index in [1.165, 1.54) is 12.1 Å². The summed E-state index contributed by atoms with van der Waals surface area (Å²) in [5.74, 6) is -0.142. The number of aryl methyl sites for hydroxylation is 2. The standard InChI is InChI=1S/C28H28FN7O2/c1-35-26-23(25(34-35)27(37)30-16-18-3-2-4-20(29)15-18)10-5-19-17-31-28(33-24(19)26)32-21-6-8-22(9-7-21)36-11-13-38-14-12-36/h2-4,6-9,15,17H,5,10-14,16H2,1H3,(H,30,37)(H,31,32,33). The van der Waals surface area contributed by atoms with E-state index in [1.807, 2.05) is 25.4 Å². The third-order valence-electron chi connectivity index (χ3n) is 6.94. The number of hydrogen-bond donors (Lipinski definition) is 2. The van der Waals surface area contributed by atoms with E-state index in [-0.39, 0.29) is 18.3 Å². The van der Waals surface area contributed by atoms with Gasteiger partial charge in [0.05, 0.1) is 24.6 Å². The first-order valence-electron chi connectivity index (χ1n) is 12.7. The van der Waals surface area contributed by atoms with Crippen molar-refractivity contribution in [2.45, 2.75) is 19.4 Å². The SMILES string of the molecule is Cn1nc(C(=O)NCc2cccc(F)c2)c2c1-c1nc(Nc3ccc(N4CCOCC4)cc3)ncc1CC2. The van der Waals surface area contributed by atoms with Crippen molar-refractivity contribution in [3.05, 3.63) is 82.9 Å². The van der Waals surface area contributed by atoms with Gasteiger partial charge in [0.15, 0.2) is 5.69 Å². The van der Waals surface area contributed by atoms with Crippen LogP contribution in [0.15, 0.2) is 54.7 Å². The molecule has 1 aliphatic heterocycles. The highest BCUT2D eigenvalue weighted by atomic mass is 19.1. The van der Waals surface area contributed by atoms with Crippen LogP contribution in [0.4, 0.5) is 21.7 Å². The molecule has 2 N–H and O–H groups in total. The first-order valence-corrected chi connectivity index (χ1v) is 12.7. The molecule has 2 aliphatic rings. The molecule has 6 rings (SSSR count). The molecule has 10 heteroatoms. The highest BCUT2D eigenvalue weighted by molar-refractivity contribution is 5.96. The molecule has 4 aromatic rings. The number of hydrogen-bond acceptors (Lipinski definition) is 7. The van der Waals surface area contributed by atoms with E-state index in [4.69, 9.17) is 9.72 Å². The summed E-state index contributed by atoms with van der Waals surface area (Å²) in [5.41, 5.74) is 6.57. The molecule has 2 aromatic heterocycles. The van der Waals surface area contributed by atoms with Crippen LogP contribution in [0.2, 0.25) is 0 Å². The topological polar surface area (TPSA) is 97.2 Å². The molecular weight excluding hydrogens is 485 g/mol. The van der Waals surface area contributed by atoms with Gasteiger partial charge in [-0.2, -0.15) is 5.10 Å². The van der Waals surface area contributed by atoms with E-state index in [1.54, 1.807) is 16.8 Å². The van der Waals surface area contributed by atoms with Crippen LogP contribution in [-0.2, 0) is 31.2 Å². The summed E-state index contributed by atoms with van der Waals surface area (Å²) in [6.45, 7) is 3.49. The Morgan fingerprint density at radius 1 is 1.11 bits per heavy atom. The molecule has 38 heavy (non-hydrogen) atoms. The van der Waals surface area contributed by atoms with Crippen molar-refractivity contribution in [2.75, 3.05) is 36.5 Å². The summed E-state index contributed by atoms with van der Waals surface area (Å²) in [7, 11) is 1.82. The third-order valence-corrected chi connectivity index (χ3v) is 6.94. The Morgan fingerprint density at radius 2 is 1.92 bits per heavy atom. The Morgan fingerprint density at radius 3 is 2.71 bits per heavy atom. The summed E-state index contributed by atoms with van der Waals surface area (Å²) < 4.78 is 20.6. The molecule has 0 spiro atoms. The summed E-state index contributed by atoms with van der Waals surface area (Å²) in [5, 5.41) is 10.7. The smallest absolute Gasteiger partial charge is 0.272 e. The zero-order valence-electron chi connectivity index (χ0n) is 21.1. The van der Waals surface area contributed by atoms with E-state index < -0.39 is 0 Å². The Bertz CT molecular complexity index is 1480. The molecule has 2 aromatic carbocycles. The van der Waals surface area contributed by atoms with Gasteiger partial charge >= 0.3 is 0 Å². The predicted octanol–water partition coefficient (Wildman–Crippen LogP) is 3.63. The number of anilines is 3. The number of aromatic nitrogens is 4. The van der Waals surface area contributed by atoms with Crippen molar-refractivity contribution in [1.29, 1.82) is 0 Å². The number of morpholine rings is 1. The van der Waals surface area contributed by atoms with E-state index in [2.05, 4.69) is 37.7 Å². The van der Waals surface area contributed by atoms with E-state index in [0.717, 1.165) is 60.2 Å². The minimum Gasteiger partial charge on any atom is -0.378 e. The maximum absolute atomic E-state index is 13.5. The number of carbonyl (C=O) groups is 1. The highest BCUT2D eigenvalue weighted by Crippen LogP contribution is 2.34. The van der Waals surface area contributed by atoms with E-state index in [0.29, 0.717) is 30.0 Å². The molecule has 0 atom stereocenters. The van der Waals surface area contributed by atoms with Crippen LogP contribution in [0.25, 0.3) is 11.4 Å². The summed E-state index contributed by atoms with van der Waals surface area (Å²) in [6, 6.07) is 14.4. The van der Waals surface area contributed by atoms with Crippen LogP contribution in [-0.4, -0.2) is 52.0 Å². The molecule has 1 aliphatic carbocycles. The lowest BCUT2D eigenvalue weighted by atomic mass is 9.93. The second-order valence-corrected chi connectivity index (χ2v) is 9.45. The normalized spacial score (nSPS) is 14.5. The third kappa shape index (κ3) is 4.82. The molecule has 3 heterocycles. The van der Waals surface area contributed by atoms with Crippen molar-refractivity contribution in [3.8, 4) is 11.4 Å². The van der Waals surface area contributed by atoms with Crippen molar-refractivity contribution in [2.24, 2.45) is 7.05 Å². The van der Waals surface area contributed by atoms with Crippen LogP contribution < -0.4 is 15.5 Å². The number of amides is 1. The number of benzene rings is 2. The van der Waals surface area contributed by atoms with Crippen molar-refractivity contribution < 1.29 is 13.9 Å². The maximum atomic E-state index is 13.5. The first kappa shape index (κ1) is 24.1. The summed E-state index contributed by atoms with van der Waals surface area (Å²) in [6.07, 6.45) is 3.22. The molecular formula is C28H28FN7O2. The monoisotopic (exact) mass is 513 g/mol. The average molecular weight is 514 g/mol. The lowest BCUT2D eigenvalue weighted by molar-refractivity contribution is 0.0944. The van der Waals surface area contributed by atoms with Gasteiger partial charge in [0.2, 0.25) is 5.95 Å². The van der Waals surface area contributed by atoms with Crippen LogP contribution in [0, 0.1) is 5.82 Å². The van der Waals surface area contributed by atoms with Crippen LogP contribution in [0.5, 0.6) is 0 Å². The van der Waals surface area contributed by atoms with Gasteiger partial charge in [0.25, 0.3) is 5.91 Å². The number of fused-ring (bicyclic) bond motifs is 3. The molecule has 1 fully saturated rings. The van der Waals surface area contributed by atoms with Gasteiger partial charge < -0.3 is 20.3 Å². The number of carbonyl (C=O) groups excluding carboxylic acids is 1. The van der Waals surface area contributed by atoms with Crippen molar-refractivity contribution in [3.63, 3.8) is 0 Å². The first-order chi connectivity index (χ1) is 18.5. The predicted molar refractivity (Wildman–Crippen MR) is 142 cm³/mol. The zero-order chi connectivity index (χ0) is 26.1. The molecule has 0 saturated carbocycles. The van der Waals surface area contributed by atoms with Crippen LogP contribution in [0.3, 0.4) is 0 Å². The van der Waals surface area contributed by atoms with Crippen molar-refractivity contribution >= 4 is 23.2 Å². The van der Waals surface area contributed by atoms with Gasteiger partial charge in [-0.05, 0) is 60.4 Å². The van der Waals surface area contributed by atoms with Gasteiger partial charge in [-0.1, -0.05) is 12.1 Å². The zero-order valence-corrected chi connectivity index (χ0v) is 21.1. The molecule has 9 nitrogen and oxygen atoms in total. The minimum atomic E-state index is -0.333. The van der Waals surface area contributed by atoms with Crippen LogP contribution >= 0.6 is 0 Å². The Labute approximate surface area is 219 Å². The molecule has 0 unspecified atom stereocenters. The van der Waals surface area contributed by atoms with E-state index >= 15 is 0 Å². The van der Waals surface area contributed by atoms with Gasteiger partial charge in [-0.3, -0.25) is 9.48 Å². The number of ether oxygens (including phenoxy) is 1. The maximum Gasteiger partial charge on any atom is 0.272 e. The summed E-state index contributed by atoms with van der Waals surface area (Å²) >= 11 is 0. The summed E-state index contributed by atoms with van der Waals surface area (Å²) in [4.78, 5) is 24.7. The van der Waals surface area contributed by atoms with Gasteiger partial charge in [-0.15, -0.1) is 0 Å². The van der Waals surface area contributed by atoms with Gasteiger partial charge in [0.1, 0.15) is 5.82 Å². The average Bonchev–Trinajstić information content (AvgIpc) is 3.29. The molecule has 1 amide bonds. The quantitative estimate of drug-likeness (QED) is 0.406. The second kappa shape index (κ2) is 10.2. The Kier molecular flexibility index (Phi) is 6.47. The Hall–Kier alpha value is -4.31. The van der Waals surface area contributed by atoms with Gasteiger partial charge in [0, 0.05) is 49.8 Å². The number of nitrogens with zero attached hydrogens (tertiary/aromatic N) is 5. The number of halogens is 1. The number of rotatable bonds is 6. The molecule has 194 valence electrons. The van der Waals surface area contributed by atoms with Crippen molar-refractivity contribution in [1.82, 2.24) is 25.1 Å². The largest absolute Gasteiger partial charge is 0.378 e. The molecule has 1 saturated heterocycles. The fourth-order valence-electron chi connectivity index (χ4n) is 5.02. The Balaban J connectivity index is 1.20. The number of nitrogens with one attached hydrogen (secondary N) is 2. The van der Waals surface area contributed by atoms with E-state index in [9.17, 15) is 9.18 Å². The fourth-order valence-corrected chi connectivity index (χ4v) is 5.02. The fraction of sp³-hybridized carbons (Fsp3) is 0.286. The molecule has 0 radical (unpaired) electrons. The lowest BCUT2D eigenvalue weighted by Gasteiger charge is -2.28. The molecule has 0 bridgehead atoms. The van der Waals surface area contributed by atoms with Gasteiger partial charge in [-0.25, -0.2) is 14.4 Å². The van der Waals surface area contributed by atoms with Crippen LogP contribution in [0.1, 0.15) is 27.2 Å².